The topological polar surface area (TPSA) is 20.2 Å². The van der Waals surface area contributed by atoms with Crippen LogP contribution >= 0.6 is 55.1 Å². The molecule has 0 atom stereocenters. The molecule has 0 heterocycles. The Bertz CT molecular complexity index is 632. The Hall–Kier alpha value is -0.290. The number of benzene rings is 2. The first-order chi connectivity index (χ1) is 8.91. The third-order valence-corrected chi connectivity index (χ3v) is 4.49. The molecule has 1 N–H and O–H groups in total. The van der Waals surface area contributed by atoms with Crippen molar-refractivity contribution in [2.75, 3.05) is 0 Å². The summed E-state index contributed by atoms with van der Waals surface area (Å²) in [6.45, 7) is 0. The number of hydrogen-bond acceptors (Lipinski definition) is 1. The summed E-state index contributed by atoms with van der Waals surface area (Å²) in [5.74, 6) is -1.10. The van der Waals surface area contributed by atoms with Gasteiger partial charge in [-0.25, -0.2) is 4.39 Å². The molecule has 0 saturated carbocycles. The fraction of sp³-hybridized carbons (Fsp3) is 0.0769. The molecule has 100 valence electrons. The highest BCUT2D eigenvalue weighted by Crippen LogP contribution is 2.42. The van der Waals surface area contributed by atoms with Gasteiger partial charge in [-0.15, -0.1) is 0 Å². The fourth-order valence-electron chi connectivity index (χ4n) is 1.63. The zero-order valence-corrected chi connectivity index (χ0v) is 14.0. The Balaban J connectivity index is 2.57. The van der Waals surface area contributed by atoms with Gasteiger partial charge in [0, 0.05) is 5.56 Å². The van der Waals surface area contributed by atoms with Gasteiger partial charge in [0.15, 0.2) is 11.6 Å². The first kappa shape index (κ1) is 15.1. The Kier molecular flexibility index (Phi) is 4.77. The maximum absolute atomic E-state index is 13.4. The monoisotopic (exact) mass is 426 g/mol. The summed E-state index contributed by atoms with van der Waals surface area (Å²) >= 11 is 19.1. The van der Waals surface area contributed by atoms with Gasteiger partial charge in [0.25, 0.3) is 0 Å². The predicted molar refractivity (Wildman–Crippen MR) is 84.1 cm³/mol. The largest absolute Gasteiger partial charge is 0.505 e. The molecule has 0 unspecified atom stereocenters. The van der Waals surface area contributed by atoms with E-state index in [0.29, 0.717) is 21.2 Å². The minimum absolute atomic E-state index is 0.115. The number of halogens is 5. The first-order valence-corrected chi connectivity index (χ1v) is 7.75. The van der Waals surface area contributed by atoms with Crippen LogP contribution in [0.25, 0.3) is 11.1 Å². The molecular formula is C13H7Br2Cl2FO. The molecule has 0 aliphatic carbocycles. The van der Waals surface area contributed by atoms with Crippen molar-refractivity contribution in [3.8, 4) is 16.9 Å². The Morgan fingerprint density at radius 3 is 2.32 bits per heavy atom. The summed E-state index contributed by atoms with van der Waals surface area (Å²) in [7, 11) is 0. The third kappa shape index (κ3) is 3.07. The second-order valence-corrected chi connectivity index (χ2v) is 7.61. The minimum atomic E-state index is -0.701. The van der Waals surface area contributed by atoms with Crippen molar-refractivity contribution in [1.29, 1.82) is 0 Å². The second-order valence-electron chi connectivity index (χ2n) is 3.80. The van der Waals surface area contributed by atoms with Gasteiger partial charge in [0.2, 0.25) is 0 Å². The number of phenolic OH excluding ortho intramolecular Hbond substituents is 1. The van der Waals surface area contributed by atoms with E-state index < -0.39 is 11.6 Å². The molecule has 2 aromatic carbocycles. The summed E-state index contributed by atoms with van der Waals surface area (Å²) in [5.41, 5.74) is 1.94. The van der Waals surface area contributed by atoms with E-state index in [-0.39, 0.29) is 3.74 Å². The number of hydrogen-bond donors (Lipinski definition) is 1. The van der Waals surface area contributed by atoms with Gasteiger partial charge in [0.05, 0.1) is 13.8 Å². The highest BCUT2D eigenvalue weighted by Gasteiger charge is 2.15. The maximum Gasteiger partial charge on any atom is 0.165 e. The van der Waals surface area contributed by atoms with Gasteiger partial charge in [-0.2, -0.15) is 0 Å². The number of rotatable bonds is 2. The molecule has 0 amide bonds. The molecule has 19 heavy (non-hydrogen) atoms. The molecule has 0 aliphatic rings. The molecule has 2 rings (SSSR count). The standard InChI is InChI=1S/C13H7Br2Cl2FO/c14-13(15)8-3-2-7(11(16)12(8)17)6-1-4-10(19)9(18)5-6/h1-5,13,19H. The van der Waals surface area contributed by atoms with Crippen LogP contribution in [-0.2, 0) is 0 Å². The van der Waals surface area contributed by atoms with Gasteiger partial charge in [-0.3, -0.25) is 0 Å². The zero-order chi connectivity index (χ0) is 14.2. The van der Waals surface area contributed by atoms with Crippen LogP contribution in [0.3, 0.4) is 0 Å². The summed E-state index contributed by atoms with van der Waals surface area (Å²) in [6, 6.07) is 7.62. The van der Waals surface area contributed by atoms with Crippen LogP contribution in [-0.4, -0.2) is 5.11 Å². The third-order valence-electron chi connectivity index (χ3n) is 2.61. The van der Waals surface area contributed by atoms with Crippen molar-refractivity contribution in [2.24, 2.45) is 0 Å². The van der Waals surface area contributed by atoms with E-state index in [1.165, 1.54) is 12.1 Å². The lowest BCUT2D eigenvalue weighted by Crippen LogP contribution is -1.88. The van der Waals surface area contributed by atoms with Crippen LogP contribution in [0.4, 0.5) is 4.39 Å². The van der Waals surface area contributed by atoms with Crippen molar-refractivity contribution >= 4 is 55.1 Å². The van der Waals surface area contributed by atoms with Gasteiger partial charge in [-0.1, -0.05) is 73.3 Å². The highest BCUT2D eigenvalue weighted by molar-refractivity contribution is 9.24. The molecule has 0 bridgehead atoms. The highest BCUT2D eigenvalue weighted by atomic mass is 79.9. The van der Waals surface area contributed by atoms with Gasteiger partial charge < -0.3 is 5.11 Å². The quantitative estimate of drug-likeness (QED) is 0.557. The van der Waals surface area contributed by atoms with E-state index in [4.69, 9.17) is 23.2 Å². The van der Waals surface area contributed by atoms with Gasteiger partial charge >= 0.3 is 0 Å². The van der Waals surface area contributed by atoms with E-state index in [0.717, 1.165) is 5.56 Å². The number of phenols is 1. The van der Waals surface area contributed by atoms with Crippen molar-refractivity contribution in [3.63, 3.8) is 0 Å². The van der Waals surface area contributed by atoms with Gasteiger partial charge in [0.1, 0.15) is 0 Å². The normalized spacial score (nSPS) is 11.1. The second kappa shape index (κ2) is 6.00. The fourth-order valence-corrected chi connectivity index (χ4v) is 3.21. The van der Waals surface area contributed by atoms with E-state index in [2.05, 4.69) is 31.9 Å². The molecule has 1 nitrogen and oxygen atoms in total. The van der Waals surface area contributed by atoms with Crippen LogP contribution in [0.2, 0.25) is 10.0 Å². The predicted octanol–water partition coefficient (Wildman–Crippen LogP) is 6.29. The summed E-state index contributed by atoms with van der Waals surface area (Å²) in [4.78, 5) is 0. The van der Waals surface area contributed by atoms with Crippen molar-refractivity contribution in [2.45, 2.75) is 3.74 Å². The first-order valence-electron chi connectivity index (χ1n) is 5.16. The average molecular weight is 429 g/mol. The van der Waals surface area contributed by atoms with Crippen LogP contribution < -0.4 is 0 Å². The average Bonchev–Trinajstić information content (AvgIpc) is 2.36. The van der Waals surface area contributed by atoms with Crippen molar-refractivity contribution in [1.82, 2.24) is 0 Å². The van der Waals surface area contributed by atoms with E-state index >= 15 is 0 Å². The van der Waals surface area contributed by atoms with Crippen molar-refractivity contribution in [3.05, 3.63) is 51.8 Å². The molecule has 6 heteroatoms. The van der Waals surface area contributed by atoms with Crippen LogP contribution in [0.1, 0.15) is 9.30 Å². The lowest BCUT2D eigenvalue weighted by atomic mass is 10.0. The summed E-state index contributed by atoms with van der Waals surface area (Å²) in [6.07, 6.45) is 0. The van der Waals surface area contributed by atoms with Crippen LogP contribution in [0.5, 0.6) is 5.75 Å². The summed E-state index contributed by atoms with van der Waals surface area (Å²) < 4.78 is 13.2. The molecule has 0 aliphatic heterocycles. The molecule has 0 aromatic heterocycles. The Morgan fingerprint density at radius 1 is 1.05 bits per heavy atom. The number of aromatic hydroxyl groups is 1. The Labute approximate surface area is 136 Å². The lowest BCUT2D eigenvalue weighted by molar-refractivity contribution is 0.432. The smallest absolute Gasteiger partial charge is 0.165 e. The van der Waals surface area contributed by atoms with Gasteiger partial charge in [-0.05, 0) is 23.3 Å². The molecule has 0 radical (unpaired) electrons. The van der Waals surface area contributed by atoms with Crippen molar-refractivity contribution < 1.29 is 9.50 Å². The molecule has 0 fully saturated rings. The van der Waals surface area contributed by atoms with Crippen LogP contribution in [0, 0.1) is 5.82 Å². The minimum Gasteiger partial charge on any atom is -0.505 e. The molecule has 0 spiro atoms. The molecular weight excluding hydrogens is 422 g/mol. The SMILES string of the molecule is Oc1ccc(-c2ccc(C(Br)Br)c(Cl)c2Cl)cc1F. The van der Waals surface area contributed by atoms with E-state index in [9.17, 15) is 9.50 Å². The summed E-state index contributed by atoms with van der Waals surface area (Å²) in [5, 5.41) is 9.92. The van der Waals surface area contributed by atoms with E-state index in [1.807, 2.05) is 0 Å². The van der Waals surface area contributed by atoms with Crippen LogP contribution in [0.15, 0.2) is 30.3 Å². The van der Waals surface area contributed by atoms with E-state index in [1.54, 1.807) is 18.2 Å². The number of alkyl halides is 2. The Morgan fingerprint density at radius 2 is 1.74 bits per heavy atom. The maximum atomic E-state index is 13.4. The molecule has 0 saturated heterocycles. The zero-order valence-electron chi connectivity index (χ0n) is 9.30. The molecule has 2 aromatic rings. The lowest BCUT2D eigenvalue weighted by Gasteiger charge is -2.12.